The number of anilines is 2. The quantitative estimate of drug-likeness (QED) is 0.409. The number of nitrogens with zero attached hydrogens (tertiary/aromatic N) is 1. The number of nitrogens with two attached hydrogens (primary N) is 1. The van der Waals surface area contributed by atoms with Gasteiger partial charge in [-0.15, -0.1) is 0 Å². The molecular formula is C24H20FN3O2S. The minimum Gasteiger partial charge on any atom is -0.494 e. The third kappa shape index (κ3) is 4.32. The molecular weight excluding hydrogens is 413 g/mol. The van der Waals surface area contributed by atoms with Gasteiger partial charge in [0.2, 0.25) is 0 Å². The molecule has 0 fully saturated rings. The molecule has 4 rings (SSSR count). The molecule has 0 unspecified atom stereocenters. The number of halogens is 1. The number of pyridine rings is 1. The van der Waals surface area contributed by atoms with Gasteiger partial charge >= 0.3 is 0 Å². The summed E-state index contributed by atoms with van der Waals surface area (Å²) >= 11 is 1.61. The summed E-state index contributed by atoms with van der Waals surface area (Å²) in [7, 11) is 1.40. The Morgan fingerprint density at radius 3 is 2.58 bits per heavy atom. The molecule has 1 aromatic heterocycles. The van der Waals surface area contributed by atoms with Crippen LogP contribution in [0.25, 0.3) is 10.9 Å². The first-order chi connectivity index (χ1) is 15.0. The van der Waals surface area contributed by atoms with Gasteiger partial charge in [-0.25, -0.2) is 4.39 Å². The second-order valence-electron chi connectivity index (χ2n) is 6.94. The Bertz CT molecular complexity index is 1280. The van der Waals surface area contributed by atoms with Crippen molar-refractivity contribution in [1.29, 1.82) is 0 Å². The molecule has 1 heterocycles. The van der Waals surface area contributed by atoms with E-state index in [1.165, 1.54) is 25.4 Å². The van der Waals surface area contributed by atoms with Crippen molar-refractivity contribution >= 4 is 39.9 Å². The molecule has 1 amide bonds. The van der Waals surface area contributed by atoms with E-state index >= 15 is 0 Å². The molecule has 0 saturated heterocycles. The summed E-state index contributed by atoms with van der Waals surface area (Å²) in [6.07, 6.45) is 1.46. The van der Waals surface area contributed by atoms with Crippen molar-refractivity contribution in [2.24, 2.45) is 5.73 Å². The Morgan fingerprint density at radius 2 is 1.87 bits per heavy atom. The summed E-state index contributed by atoms with van der Waals surface area (Å²) < 4.78 is 18.9. The average molecular weight is 434 g/mol. The topological polar surface area (TPSA) is 77.2 Å². The highest BCUT2D eigenvalue weighted by Gasteiger charge is 2.17. The van der Waals surface area contributed by atoms with Crippen LogP contribution in [0.2, 0.25) is 0 Å². The van der Waals surface area contributed by atoms with Gasteiger partial charge in [0.05, 0.1) is 23.9 Å². The zero-order valence-electron chi connectivity index (χ0n) is 17.0. The van der Waals surface area contributed by atoms with E-state index in [0.717, 1.165) is 26.3 Å². The maximum atomic E-state index is 13.8. The van der Waals surface area contributed by atoms with Gasteiger partial charge in [0.15, 0.2) is 11.6 Å². The second kappa shape index (κ2) is 8.65. The number of benzene rings is 3. The smallest absolute Gasteiger partial charge is 0.252 e. The Balaban J connectivity index is 1.86. The minimum absolute atomic E-state index is 0.0977. The van der Waals surface area contributed by atoms with E-state index in [1.54, 1.807) is 17.8 Å². The van der Waals surface area contributed by atoms with Crippen molar-refractivity contribution in [3.05, 3.63) is 83.8 Å². The zero-order valence-corrected chi connectivity index (χ0v) is 17.8. The average Bonchev–Trinajstić information content (AvgIpc) is 2.76. The fourth-order valence-corrected chi connectivity index (χ4v) is 4.31. The molecule has 0 bridgehead atoms. The predicted molar refractivity (Wildman–Crippen MR) is 122 cm³/mol. The first-order valence-electron chi connectivity index (χ1n) is 9.53. The van der Waals surface area contributed by atoms with Gasteiger partial charge in [-0.2, -0.15) is 0 Å². The molecule has 156 valence electrons. The zero-order chi connectivity index (χ0) is 22.0. The van der Waals surface area contributed by atoms with Crippen molar-refractivity contribution in [3.63, 3.8) is 0 Å². The standard InChI is InChI=1S/C24H20FN3O2S/c1-14-10-17(31-16-6-4-3-5-7-16)12-18-22(14)27-13-19(24(26)29)23(18)28-15-8-9-20(25)21(11-15)30-2/h3-13H,1-2H3,(H2,26,29)(H,27,28). The summed E-state index contributed by atoms with van der Waals surface area (Å²) in [6.45, 7) is 1.97. The van der Waals surface area contributed by atoms with Gasteiger partial charge in [-0.05, 0) is 48.9 Å². The summed E-state index contributed by atoms with van der Waals surface area (Å²) in [5, 5.41) is 3.97. The van der Waals surface area contributed by atoms with Crippen molar-refractivity contribution in [3.8, 4) is 5.75 Å². The number of carbonyl (C=O) groups excluding carboxylic acids is 1. The number of nitrogens with one attached hydrogen (secondary N) is 1. The molecule has 5 nitrogen and oxygen atoms in total. The molecule has 0 spiro atoms. The molecule has 0 aliphatic heterocycles. The van der Waals surface area contributed by atoms with E-state index in [2.05, 4.69) is 16.4 Å². The number of carbonyl (C=O) groups is 1. The highest BCUT2D eigenvalue weighted by atomic mass is 32.2. The molecule has 3 N–H and O–H groups in total. The molecule has 0 aliphatic rings. The summed E-state index contributed by atoms with van der Waals surface area (Å²) in [5.41, 5.74) is 8.67. The summed E-state index contributed by atoms with van der Waals surface area (Å²) in [5.74, 6) is -0.981. The highest BCUT2D eigenvalue weighted by Crippen LogP contribution is 2.37. The Kier molecular flexibility index (Phi) is 5.77. The van der Waals surface area contributed by atoms with Crippen LogP contribution in [0.1, 0.15) is 15.9 Å². The van der Waals surface area contributed by atoms with E-state index in [-0.39, 0.29) is 11.3 Å². The van der Waals surface area contributed by atoms with E-state index < -0.39 is 11.7 Å². The number of fused-ring (bicyclic) bond motifs is 1. The summed E-state index contributed by atoms with van der Waals surface area (Å²) in [4.78, 5) is 18.7. The van der Waals surface area contributed by atoms with Crippen molar-refractivity contribution in [1.82, 2.24) is 4.98 Å². The lowest BCUT2D eigenvalue weighted by atomic mass is 10.1. The first kappa shape index (κ1) is 20.7. The maximum absolute atomic E-state index is 13.8. The van der Waals surface area contributed by atoms with Gasteiger partial charge in [0, 0.05) is 33.1 Å². The number of amides is 1. The maximum Gasteiger partial charge on any atom is 0.252 e. The molecule has 3 aromatic carbocycles. The molecule has 0 aliphatic carbocycles. The highest BCUT2D eigenvalue weighted by molar-refractivity contribution is 7.99. The van der Waals surface area contributed by atoms with Crippen LogP contribution in [-0.4, -0.2) is 18.0 Å². The van der Waals surface area contributed by atoms with Gasteiger partial charge < -0.3 is 15.8 Å². The normalized spacial score (nSPS) is 10.8. The van der Waals surface area contributed by atoms with E-state index in [0.29, 0.717) is 11.4 Å². The molecule has 31 heavy (non-hydrogen) atoms. The number of methoxy groups -OCH3 is 1. The van der Waals surface area contributed by atoms with Crippen molar-refractivity contribution in [2.45, 2.75) is 16.7 Å². The van der Waals surface area contributed by atoms with E-state index in [4.69, 9.17) is 10.5 Å². The number of rotatable bonds is 6. The number of ether oxygens (including phenoxy) is 1. The van der Waals surface area contributed by atoms with E-state index in [9.17, 15) is 9.18 Å². The number of aryl methyl sites for hydroxylation is 1. The number of hydrogen-bond acceptors (Lipinski definition) is 5. The van der Waals surface area contributed by atoms with Crippen LogP contribution in [-0.2, 0) is 0 Å². The van der Waals surface area contributed by atoms with Gasteiger partial charge in [-0.3, -0.25) is 9.78 Å². The Labute approximate surface area is 183 Å². The van der Waals surface area contributed by atoms with Gasteiger partial charge in [0.1, 0.15) is 0 Å². The van der Waals surface area contributed by atoms with E-state index in [1.807, 2.05) is 43.3 Å². The lowest BCUT2D eigenvalue weighted by molar-refractivity contribution is 0.100. The van der Waals surface area contributed by atoms with Crippen molar-refractivity contribution < 1.29 is 13.9 Å². The predicted octanol–water partition coefficient (Wildman–Crippen LogP) is 5.68. The molecule has 0 saturated carbocycles. The molecule has 0 radical (unpaired) electrons. The number of hydrogen-bond donors (Lipinski definition) is 2. The lowest BCUT2D eigenvalue weighted by Crippen LogP contribution is -2.14. The Morgan fingerprint density at radius 1 is 1.10 bits per heavy atom. The third-order valence-corrected chi connectivity index (χ3v) is 5.78. The van der Waals surface area contributed by atoms with Crippen molar-refractivity contribution in [2.75, 3.05) is 12.4 Å². The third-order valence-electron chi connectivity index (χ3n) is 4.80. The van der Waals surface area contributed by atoms with Crippen LogP contribution in [0.15, 0.2) is 76.7 Å². The largest absolute Gasteiger partial charge is 0.494 e. The monoisotopic (exact) mass is 433 g/mol. The SMILES string of the molecule is COc1cc(Nc2c(C(N)=O)cnc3c(C)cc(Sc4ccccc4)cc23)ccc1F. The number of primary amides is 1. The van der Waals surface area contributed by atoms with Gasteiger partial charge in [-0.1, -0.05) is 30.0 Å². The fourth-order valence-electron chi connectivity index (χ4n) is 3.33. The Hall–Kier alpha value is -3.58. The van der Waals surface area contributed by atoms with Crippen LogP contribution in [0.3, 0.4) is 0 Å². The van der Waals surface area contributed by atoms with Crippen LogP contribution in [0, 0.1) is 12.7 Å². The fraction of sp³-hybridized carbons (Fsp3) is 0.0833. The van der Waals surface area contributed by atoms with Crippen LogP contribution in [0.4, 0.5) is 15.8 Å². The van der Waals surface area contributed by atoms with Gasteiger partial charge in [0.25, 0.3) is 5.91 Å². The second-order valence-corrected chi connectivity index (χ2v) is 8.08. The molecule has 0 atom stereocenters. The molecule has 4 aromatic rings. The molecule has 7 heteroatoms. The van der Waals surface area contributed by atoms with Crippen LogP contribution < -0.4 is 15.8 Å². The first-order valence-corrected chi connectivity index (χ1v) is 10.3. The van der Waals surface area contributed by atoms with Crippen LogP contribution >= 0.6 is 11.8 Å². The lowest BCUT2D eigenvalue weighted by Gasteiger charge is -2.16. The summed E-state index contributed by atoms with van der Waals surface area (Å²) in [6, 6.07) is 18.4. The van der Waals surface area contributed by atoms with Crippen LogP contribution in [0.5, 0.6) is 5.75 Å². The number of aromatic nitrogens is 1. The minimum atomic E-state index is -0.607.